The number of Topliss-reactive ketones (excluding diaryl/α,β-unsaturated/α-hetero) is 1. The van der Waals surface area contributed by atoms with E-state index in [0.29, 0.717) is 11.7 Å². The van der Waals surface area contributed by atoms with E-state index in [9.17, 15) is 4.79 Å². The van der Waals surface area contributed by atoms with E-state index in [1.165, 1.54) is 12.8 Å². The van der Waals surface area contributed by atoms with E-state index >= 15 is 0 Å². The van der Waals surface area contributed by atoms with Crippen molar-refractivity contribution in [1.29, 1.82) is 0 Å². The fraction of sp³-hybridized carbons (Fsp3) is 0.900. The minimum Gasteiger partial charge on any atom is -0.299 e. The van der Waals surface area contributed by atoms with Gasteiger partial charge in [0.2, 0.25) is 0 Å². The summed E-state index contributed by atoms with van der Waals surface area (Å²) >= 11 is 0. The molecule has 0 amide bonds. The number of hydrogen-bond donors (Lipinski definition) is 0. The van der Waals surface area contributed by atoms with Gasteiger partial charge in [-0.1, -0.05) is 26.7 Å². The average Bonchev–Trinajstić information content (AvgIpc) is 1.98. The molecular formula is C10H18O. The largest absolute Gasteiger partial charge is 0.299 e. The van der Waals surface area contributed by atoms with E-state index in [1.807, 2.05) is 0 Å². The third kappa shape index (κ3) is 2.32. The Bertz CT molecular complexity index is 140. The molecule has 1 heteroatoms. The zero-order valence-electron chi connectivity index (χ0n) is 7.60. The van der Waals surface area contributed by atoms with Crippen molar-refractivity contribution >= 4 is 5.78 Å². The summed E-state index contributed by atoms with van der Waals surface area (Å²) < 4.78 is 0. The molecule has 1 saturated carbocycles. The van der Waals surface area contributed by atoms with Gasteiger partial charge < -0.3 is 0 Å². The van der Waals surface area contributed by atoms with E-state index in [-0.39, 0.29) is 0 Å². The Morgan fingerprint density at radius 1 is 1.55 bits per heavy atom. The Balaban J connectivity index is 2.33. The lowest BCUT2D eigenvalue weighted by molar-refractivity contribution is -0.125. The van der Waals surface area contributed by atoms with Gasteiger partial charge in [0.05, 0.1) is 0 Å². The van der Waals surface area contributed by atoms with Gasteiger partial charge in [0.1, 0.15) is 5.78 Å². The molecule has 0 heterocycles. The molecule has 0 N–H and O–H groups in total. The Labute approximate surface area is 69.2 Å². The molecule has 1 aliphatic carbocycles. The van der Waals surface area contributed by atoms with Crippen LogP contribution in [0.4, 0.5) is 0 Å². The number of ketones is 1. The van der Waals surface area contributed by atoms with E-state index in [2.05, 4.69) is 13.8 Å². The summed E-state index contributed by atoms with van der Waals surface area (Å²) in [5.74, 6) is 1.67. The van der Waals surface area contributed by atoms with Crippen molar-refractivity contribution in [2.45, 2.75) is 46.0 Å². The van der Waals surface area contributed by atoms with Crippen molar-refractivity contribution in [3.05, 3.63) is 0 Å². The molecular weight excluding hydrogens is 136 g/mol. The van der Waals surface area contributed by atoms with Crippen LogP contribution < -0.4 is 0 Å². The molecule has 2 unspecified atom stereocenters. The van der Waals surface area contributed by atoms with Crippen molar-refractivity contribution in [1.82, 2.24) is 0 Å². The van der Waals surface area contributed by atoms with Gasteiger partial charge in [0, 0.05) is 12.3 Å². The Hall–Kier alpha value is -0.330. The highest BCUT2D eigenvalue weighted by Crippen LogP contribution is 2.28. The van der Waals surface area contributed by atoms with Crippen LogP contribution in [-0.4, -0.2) is 5.78 Å². The van der Waals surface area contributed by atoms with Crippen LogP contribution >= 0.6 is 0 Å². The van der Waals surface area contributed by atoms with Gasteiger partial charge >= 0.3 is 0 Å². The minimum absolute atomic E-state index is 0.347. The number of carbonyl (C=O) groups excluding carboxylic acids is 1. The predicted molar refractivity (Wildman–Crippen MR) is 46.4 cm³/mol. The first kappa shape index (κ1) is 8.76. The van der Waals surface area contributed by atoms with Crippen LogP contribution in [0.15, 0.2) is 0 Å². The molecule has 0 radical (unpaired) electrons. The molecule has 1 nitrogen and oxygen atoms in total. The lowest BCUT2D eigenvalue weighted by Gasteiger charge is -2.25. The van der Waals surface area contributed by atoms with Crippen LogP contribution in [0.25, 0.3) is 0 Å². The highest BCUT2D eigenvalue weighted by Gasteiger charge is 2.24. The van der Waals surface area contributed by atoms with Crippen LogP contribution in [0.2, 0.25) is 0 Å². The maximum atomic E-state index is 11.1. The number of rotatable bonds is 2. The first-order chi connectivity index (χ1) is 5.24. The summed E-state index contributed by atoms with van der Waals surface area (Å²) in [5, 5.41) is 0. The normalized spacial score (nSPS) is 32.4. The quantitative estimate of drug-likeness (QED) is 0.597. The van der Waals surface area contributed by atoms with E-state index in [1.54, 1.807) is 0 Å². The third-order valence-corrected chi connectivity index (χ3v) is 2.73. The van der Waals surface area contributed by atoms with Crippen molar-refractivity contribution in [2.24, 2.45) is 11.8 Å². The maximum Gasteiger partial charge on any atom is 0.135 e. The summed E-state index contributed by atoms with van der Waals surface area (Å²) in [5.41, 5.74) is 0. The van der Waals surface area contributed by atoms with Gasteiger partial charge in [0.15, 0.2) is 0 Å². The molecule has 11 heavy (non-hydrogen) atoms. The zero-order valence-corrected chi connectivity index (χ0v) is 7.60. The number of hydrogen-bond acceptors (Lipinski definition) is 1. The minimum atomic E-state index is 0.347. The first-order valence-electron chi connectivity index (χ1n) is 4.76. The summed E-state index contributed by atoms with van der Waals surface area (Å²) in [6.07, 6.45) is 5.72. The third-order valence-electron chi connectivity index (χ3n) is 2.73. The number of carbonyl (C=O) groups is 1. The smallest absolute Gasteiger partial charge is 0.135 e. The van der Waals surface area contributed by atoms with Crippen LogP contribution in [0.3, 0.4) is 0 Å². The van der Waals surface area contributed by atoms with E-state index in [0.717, 1.165) is 25.2 Å². The molecule has 1 aliphatic rings. The zero-order chi connectivity index (χ0) is 8.27. The van der Waals surface area contributed by atoms with E-state index < -0.39 is 0 Å². The first-order valence-corrected chi connectivity index (χ1v) is 4.76. The van der Waals surface area contributed by atoms with Gasteiger partial charge in [-0.15, -0.1) is 0 Å². The molecule has 64 valence electrons. The molecule has 1 rings (SSSR count). The van der Waals surface area contributed by atoms with Gasteiger partial charge in [0.25, 0.3) is 0 Å². The lowest BCUT2D eigenvalue weighted by atomic mass is 9.79. The monoisotopic (exact) mass is 154 g/mol. The van der Waals surface area contributed by atoms with Crippen molar-refractivity contribution in [3.63, 3.8) is 0 Å². The summed E-state index contributed by atoms with van der Waals surface area (Å²) in [6.45, 7) is 4.30. The van der Waals surface area contributed by atoms with Gasteiger partial charge in [-0.3, -0.25) is 4.79 Å². The Morgan fingerprint density at radius 2 is 2.27 bits per heavy atom. The molecule has 1 fully saturated rings. The van der Waals surface area contributed by atoms with Gasteiger partial charge in [-0.2, -0.15) is 0 Å². The molecule has 0 aliphatic heterocycles. The highest BCUT2D eigenvalue weighted by molar-refractivity contribution is 5.81. The summed E-state index contributed by atoms with van der Waals surface area (Å²) in [4.78, 5) is 11.1. The summed E-state index contributed by atoms with van der Waals surface area (Å²) in [7, 11) is 0. The standard InChI is InChI=1S/C10H18O/c1-3-4-9-5-6-10(11)8(2)7-9/h8-9H,3-7H2,1-2H3. The fourth-order valence-electron chi connectivity index (χ4n) is 2.01. The van der Waals surface area contributed by atoms with Crippen molar-refractivity contribution in [2.75, 3.05) is 0 Å². The molecule has 0 bridgehead atoms. The molecule has 0 saturated heterocycles. The predicted octanol–water partition coefficient (Wildman–Crippen LogP) is 2.79. The Morgan fingerprint density at radius 3 is 2.82 bits per heavy atom. The molecule has 0 spiro atoms. The fourth-order valence-corrected chi connectivity index (χ4v) is 2.01. The van der Waals surface area contributed by atoms with Crippen LogP contribution in [0.5, 0.6) is 0 Å². The second-order valence-corrected chi connectivity index (χ2v) is 3.80. The van der Waals surface area contributed by atoms with Crippen molar-refractivity contribution in [3.8, 4) is 0 Å². The van der Waals surface area contributed by atoms with Crippen molar-refractivity contribution < 1.29 is 4.79 Å². The van der Waals surface area contributed by atoms with Gasteiger partial charge in [-0.25, -0.2) is 0 Å². The SMILES string of the molecule is CCCC1CCC(=O)C(C)C1. The van der Waals surface area contributed by atoms with Crippen LogP contribution in [0, 0.1) is 11.8 Å². The topological polar surface area (TPSA) is 17.1 Å². The van der Waals surface area contributed by atoms with Crippen LogP contribution in [0.1, 0.15) is 46.0 Å². The average molecular weight is 154 g/mol. The van der Waals surface area contributed by atoms with E-state index in [4.69, 9.17) is 0 Å². The maximum absolute atomic E-state index is 11.1. The molecule has 2 atom stereocenters. The van der Waals surface area contributed by atoms with Crippen LogP contribution in [-0.2, 0) is 4.79 Å². The summed E-state index contributed by atoms with van der Waals surface area (Å²) in [6, 6.07) is 0. The lowest BCUT2D eigenvalue weighted by Crippen LogP contribution is -2.22. The Kier molecular flexibility index (Phi) is 3.10. The highest BCUT2D eigenvalue weighted by atomic mass is 16.1. The molecule has 0 aromatic carbocycles. The van der Waals surface area contributed by atoms with Gasteiger partial charge in [-0.05, 0) is 18.8 Å². The second-order valence-electron chi connectivity index (χ2n) is 3.80. The molecule has 0 aromatic rings. The molecule has 0 aromatic heterocycles. The second kappa shape index (κ2) is 3.89.